The minimum Gasteiger partial charge on any atom is -0.459 e. The summed E-state index contributed by atoms with van der Waals surface area (Å²) in [4.78, 5) is 23.3. The standard InChI is InChI=1S/C15H20O3S/c1-11-5-7-12(8-6-11)13(16)9-19-10-14(17)18-15(2,3)4/h5-8H,9-10H2,1-4H3. The number of aryl methyl sites for hydroxylation is 1. The predicted octanol–water partition coefficient (Wildman–Crippen LogP) is 3.25. The van der Waals surface area contributed by atoms with Gasteiger partial charge >= 0.3 is 5.97 Å². The summed E-state index contributed by atoms with van der Waals surface area (Å²) in [5.74, 6) is 0.250. The molecule has 0 aromatic heterocycles. The Morgan fingerprint density at radius 3 is 2.21 bits per heavy atom. The summed E-state index contributed by atoms with van der Waals surface area (Å²) < 4.78 is 5.17. The van der Waals surface area contributed by atoms with E-state index in [1.54, 1.807) is 0 Å². The number of hydrogen-bond acceptors (Lipinski definition) is 4. The number of esters is 1. The van der Waals surface area contributed by atoms with Crippen LogP contribution in [0.25, 0.3) is 0 Å². The zero-order chi connectivity index (χ0) is 14.5. The van der Waals surface area contributed by atoms with E-state index in [1.165, 1.54) is 11.8 Å². The van der Waals surface area contributed by atoms with E-state index in [2.05, 4.69) is 0 Å². The first-order valence-corrected chi connectivity index (χ1v) is 7.33. The third-order valence-corrected chi connectivity index (χ3v) is 3.15. The Bertz CT molecular complexity index is 443. The number of hydrogen-bond donors (Lipinski definition) is 0. The number of Topliss-reactive ketones (excluding diaryl/α,β-unsaturated/α-hetero) is 1. The van der Waals surface area contributed by atoms with Crippen molar-refractivity contribution in [3.8, 4) is 0 Å². The number of rotatable bonds is 5. The molecule has 0 radical (unpaired) electrons. The highest BCUT2D eigenvalue weighted by molar-refractivity contribution is 8.00. The zero-order valence-electron chi connectivity index (χ0n) is 11.9. The van der Waals surface area contributed by atoms with Crippen LogP contribution in [-0.2, 0) is 9.53 Å². The summed E-state index contributed by atoms with van der Waals surface area (Å²) in [6.07, 6.45) is 0. The van der Waals surface area contributed by atoms with Gasteiger partial charge in [-0.15, -0.1) is 11.8 Å². The van der Waals surface area contributed by atoms with E-state index >= 15 is 0 Å². The van der Waals surface area contributed by atoms with Gasteiger partial charge in [-0.25, -0.2) is 0 Å². The van der Waals surface area contributed by atoms with E-state index in [9.17, 15) is 9.59 Å². The molecule has 0 aliphatic heterocycles. The Kier molecular flexibility index (Phi) is 5.60. The van der Waals surface area contributed by atoms with Gasteiger partial charge in [-0.1, -0.05) is 29.8 Å². The van der Waals surface area contributed by atoms with Gasteiger partial charge in [-0.05, 0) is 27.7 Å². The summed E-state index contributed by atoms with van der Waals surface area (Å²) in [6.45, 7) is 7.46. The van der Waals surface area contributed by atoms with Gasteiger partial charge in [0.2, 0.25) is 0 Å². The molecule has 1 rings (SSSR count). The van der Waals surface area contributed by atoms with Gasteiger partial charge in [0.1, 0.15) is 5.60 Å². The van der Waals surface area contributed by atoms with Crippen LogP contribution in [0.2, 0.25) is 0 Å². The van der Waals surface area contributed by atoms with Crippen LogP contribution < -0.4 is 0 Å². The fourth-order valence-corrected chi connectivity index (χ4v) is 2.10. The van der Waals surface area contributed by atoms with Crippen molar-refractivity contribution in [2.24, 2.45) is 0 Å². The second-order valence-corrected chi connectivity index (χ2v) is 6.35. The summed E-state index contributed by atoms with van der Waals surface area (Å²) in [5, 5.41) is 0. The molecule has 1 aromatic carbocycles. The number of thioether (sulfide) groups is 1. The van der Waals surface area contributed by atoms with Gasteiger partial charge in [0.25, 0.3) is 0 Å². The lowest BCUT2D eigenvalue weighted by atomic mass is 10.1. The molecule has 19 heavy (non-hydrogen) atoms. The molecule has 0 saturated heterocycles. The van der Waals surface area contributed by atoms with Crippen LogP contribution in [0.3, 0.4) is 0 Å². The number of carbonyl (C=O) groups excluding carboxylic acids is 2. The maximum atomic E-state index is 11.8. The quantitative estimate of drug-likeness (QED) is 0.613. The molecule has 0 spiro atoms. The molecule has 0 aliphatic carbocycles. The largest absolute Gasteiger partial charge is 0.459 e. The van der Waals surface area contributed by atoms with Crippen molar-refractivity contribution in [1.29, 1.82) is 0 Å². The highest BCUT2D eigenvalue weighted by atomic mass is 32.2. The number of ether oxygens (including phenoxy) is 1. The van der Waals surface area contributed by atoms with Gasteiger partial charge in [-0.2, -0.15) is 0 Å². The van der Waals surface area contributed by atoms with Crippen LogP contribution in [0.15, 0.2) is 24.3 Å². The van der Waals surface area contributed by atoms with Gasteiger partial charge in [0.15, 0.2) is 5.78 Å². The summed E-state index contributed by atoms with van der Waals surface area (Å²) in [7, 11) is 0. The maximum absolute atomic E-state index is 11.8. The molecule has 0 heterocycles. The molecule has 4 heteroatoms. The van der Waals surface area contributed by atoms with Crippen molar-refractivity contribution >= 4 is 23.5 Å². The topological polar surface area (TPSA) is 43.4 Å². The molecule has 0 amide bonds. The van der Waals surface area contributed by atoms with Crippen molar-refractivity contribution in [2.45, 2.75) is 33.3 Å². The van der Waals surface area contributed by atoms with Gasteiger partial charge in [0.05, 0.1) is 11.5 Å². The number of carbonyl (C=O) groups is 2. The van der Waals surface area contributed by atoms with Crippen molar-refractivity contribution in [3.63, 3.8) is 0 Å². The highest BCUT2D eigenvalue weighted by Gasteiger charge is 2.16. The number of benzene rings is 1. The average molecular weight is 280 g/mol. The molecule has 0 saturated carbocycles. The van der Waals surface area contributed by atoms with Crippen molar-refractivity contribution in [2.75, 3.05) is 11.5 Å². The highest BCUT2D eigenvalue weighted by Crippen LogP contribution is 2.12. The van der Waals surface area contributed by atoms with E-state index in [1.807, 2.05) is 52.0 Å². The summed E-state index contributed by atoms with van der Waals surface area (Å²) in [5.41, 5.74) is 1.33. The lowest BCUT2D eigenvalue weighted by Gasteiger charge is -2.19. The van der Waals surface area contributed by atoms with E-state index in [-0.39, 0.29) is 17.5 Å². The van der Waals surface area contributed by atoms with Crippen LogP contribution in [0, 0.1) is 6.92 Å². The van der Waals surface area contributed by atoms with Crippen LogP contribution >= 0.6 is 11.8 Å². The van der Waals surface area contributed by atoms with Crippen LogP contribution in [0.1, 0.15) is 36.7 Å². The van der Waals surface area contributed by atoms with Gasteiger partial charge < -0.3 is 4.74 Å². The van der Waals surface area contributed by atoms with Crippen molar-refractivity contribution in [1.82, 2.24) is 0 Å². The second kappa shape index (κ2) is 6.75. The fourth-order valence-electron chi connectivity index (χ4n) is 1.42. The van der Waals surface area contributed by atoms with Gasteiger partial charge in [-0.3, -0.25) is 9.59 Å². The average Bonchev–Trinajstić information content (AvgIpc) is 2.27. The Morgan fingerprint density at radius 1 is 1.11 bits per heavy atom. The molecule has 0 atom stereocenters. The molecule has 0 fully saturated rings. The van der Waals surface area contributed by atoms with Crippen molar-refractivity contribution < 1.29 is 14.3 Å². The molecule has 0 bridgehead atoms. The van der Waals surface area contributed by atoms with E-state index in [4.69, 9.17) is 4.74 Å². The SMILES string of the molecule is Cc1ccc(C(=O)CSCC(=O)OC(C)(C)C)cc1. The Balaban J connectivity index is 2.35. The molecule has 3 nitrogen and oxygen atoms in total. The van der Waals surface area contributed by atoms with Crippen LogP contribution in [0.5, 0.6) is 0 Å². The lowest BCUT2D eigenvalue weighted by molar-refractivity contribution is -0.151. The first-order valence-electron chi connectivity index (χ1n) is 6.17. The third kappa shape index (κ3) is 6.43. The number of ketones is 1. The molecule has 0 N–H and O–H groups in total. The fraction of sp³-hybridized carbons (Fsp3) is 0.467. The first kappa shape index (κ1) is 15.8. The summed E-state index contributed by atoms with van der Waals surface area (Å²) >= 11 is 1.29. The molecule has 1 aromatic rings. The minimum absolute atomic E-state index is 0.0357. The van der Waals surface area contributed by atoms with Crippen LogP contribution in [-0.4, -0.2) is 28.9 Å². The smallest absolute Gasteiger partial charge is 0.316 e. The lowest BCUT2D eigenvalue weighted by Crippen LogP contribution is -2.25. The summed E-state index contributed by atoms with van der Waals surface area (Å²) in [6, 6.07) is 7.44. The van der Waals surface area contributed by atoms with E-state index in [0.29, 0.717) is 11.3 Å². The van der Waals surface area contributed by atoms with Crippen molar-refractivity contribution in [3.05, 3.63) is 35.4 Å². The predicted molar refractivity (Wildman–Crippen MR) is 78.7 cm³/mol. The van der Waals surface area contributed by atoms with Crippen LogP contribution in [0.4, 0.5) is 0 Å². The third-order valence-electron chi connectivity index (χ3n) is 2.25. The van der Waals surface area contributed by atoms with E-state index in [0.717, 1.165) is 5.56 Å². The monoisotopic (exact) mass is 280 g/mol. The van der Waals surface area contributed by atoms with E-state index < -0.39 is 5.60 Å². The molecular weight excluding hydrogens is 260 g/mol. The molecule has 0 unspecified atom stereocenters. The Labute approximate surface area is 118 Å². The van der Waals surface area contributed by atoms with Gasteiger partial charge in [0, 0.05) is 5.56 Å². The minimum atomic E-state index is -0.474. The molecule has 104 valence electrons. The first-order chi connectivity index (χ1) is 8.78. The molecule has 0 aliphatic rings. The Morgan fingerprint density at radius 2 is 1.68 bits per heavy atom. The molecular formula is C15H20O3S. The maximum Gasteiger partial charge on any atom is 0.316 e. The normalized spacial score (nSPS) is 11.2. The zero-order valence-corrected chi connectivity index (χ0v) is 12.7. The second-order valence-electron chi connectivity index (χ2n) is 5.37. The Hall–Kier alpha value is -1.29.